The highest BCUT2D eigenvalue weighted by molar-refractivity contribution is 5.32. The summed E-state index contributed by atoms with van der Waals surface area (Å²) in [6.07, 6.45) is 6.18. The number of hydrogen-bond donors (Lipinski definition) is 1. The molecule has 3 rings (SSSR count). The SMILES string of the molecule is c1ccc(-n2cc(OC3CCNCC3)cn2)cc1. The van der Waals surface area contributed by atoms with E-state index in [2.05, 4.69) is 10.4 Å². The minimum absolute atomic E-state index is 0.319. The number of aromatic nitrogens is 2. The Hall–Kier alpha value is -1.81. The number of hydrogen-bond acceptors (Lipinski definition) is 3. The fourth-order valence-corrected chi connectivity index (χ4v) is 2.19. The molecule has 1 saturated heterocycles. The molecule has 4 heteroatoms. The average Bonchev–Trinajstić information content (AvgIpc) is 2.89. The molecule has 0 amide bonds. The van der Waals surface area contributed by atoms with Gasteiger partial charge in [0.25, 0.3) is 0 Å². The molecule has 18 heavy (non-hydrogen) atoms. The lowest BCUT2D eigenvalue weighted by molar-refractivity contribution is 0.162. The Balaban J connectivity index is 1.69. The molecule has 0 radical (unpaired) electrons. The average molecular weight is 243 g/mol. The molecular weight excluding hydrogens is 226 g/mol. The summed E-state index contributed by atoms with van der Waals surface area (Å²) in [6.45, 7) is 2.08. The second-order valence-corrected chi connectivity index (χ2v) is 4.52. The molecular formula is C14H17N3O. The predicted octanol–water partition coefficient (Wildman–Crippen LogP) is 2.00. The topological polar surface area (TPSA) is 39.1 Å². The van der Waals surface area contributed by atoms with Gasteiger partial charge in [-0.1, -0.05) is 18.2 Å². The van der Waals surface area contributed by atoms with E-state index in [0.29, 0.717) is 6.10 Å². The van der Waals surface area contributed by atoms with Crippen molar-refractivity contribution in [3.05, 3.63) is 42.7 Å². The molecule has 94 valence electrons. The fraction of sp³-hybridized carbons (Fsp3) is 0.357. The Labute approximate surface area is 107 Å². The van der Waals surface area contributed by atoms with E-state index in [1.165, 1.54) is 0 Å². The largest absolute Gasteiger partial charge is 0.487 e. The predicted molar refractivity (Wildman–Crippen MR) is 70.1 cm³/mol. The highest BCUT2D eigenvalue weighted by Gasteiger charge is 2.15. The number of ether oxygens (including phenoxy) is 1. The summed E-state index contributed by atoms with van der Waals surface area (Å²) < 4.78 is 7.78. The lowest BCUT2D eigenvalue weighted by atomic mass is 10.1. The van der Waals surface area contributed by atoms with Gasteiger partial charge < -0.3 is 10.1 Å². The zero-order valence-corrected chi connectivity index (χ0v) is 10.2. The minimum atomic E-state index is 0.319. The molecule has 4 nitrogen and oxygen atoms in total. The van der Waals surface area contributed by atoms with Crippen LogP contribution >= 0.6 is 0 Å². The third-order valence-electron chi connectivity index (χ3n) is 3.17. The Kier molecular flexibility index (Phi) is 3.28. The van der Waals surface area contributed by atoms with Crippen LogP contribution in [0.25, 0.3) is 5.69 Å². The van der Waals surface area contributed by atoms with Crippen molar-refractivity contribution < 1.29 is 4.74 Å². The molecule has 1 aliphatic heterocycles. The van der Waals surface area contributed by atoms with Gasteiger partial charge in [0.2, 0.25) is 0 Å². The number of para-hydroxylation sites is 1. The highest BCUT2D eigenvalue weighted by atomic mass is 16.5. The first-order chi connectivity index (χ1) is 8.92. The van der Waals surface area contributed by atoms with Crippen LogP contribution in [0.2, 0.25) is 0 Å². The number of nitrogens with one attached hydrogen (secondary N) is 1. The van der Waals surface area contributed by atoms with Gasteiger partial charge in [0.05, 0.1) is 18.1 Å². The summed E-state index contributed by atoms with van der Waals surface area (Å²) in [5, 5.41) is 7.66. The first-order valence-electron chi connectivity index (χ1n) is 6.39. The van der Waals surface area contributed by atoms with Crippen molar-refractivity contribution in [2.45, 2.75) is 18.9 Å². The minimum Gasteiger partial charge on any atom is -0.487 e. The van der Waals surface area contributed by atoms with E-state index in [4.69, 9.17) is 4.74 Å². The van der Waals surface area contributed by atoms with Crippen LogP contribution in [0.15, 0.2) is 42.7 Å². The van der Waals surface area contributed by atoms with Crippen LogP contribution in [0.5, 0.6) is 5.75 Å². The van der Waals surface area contributed by atoms with E-state index in [1.54, 1.807) is 6.20 Å². The van der Waals surface area contributed by atoms with Gasteiger partial charge in [0, 0.05) is 0 Å². The quantitative estimate of drug-likeness (QED) is 0.896. The van der Waals surface area contributed by atoms with Crippen molar-refractivity contribution in [3.63, 3.8) is 0 Å². The van der Waals surface area contributed by atoms with Crippen LogP contribution in [0.4, 0.5) is 0 Å². The second kappa shape index (κ2) is 5.23. The summed E-state index contributed by atoms with van der Waals surface area (Å²) in [6, 6.07) is 10.1. The lowest BCUT2D eigenvalue weighted by Crippen LogP contribution is -2.34. The molecule has 0 spiro atoms. The Morgan fingerprint density at radius 2 is 1.94 bits per heavy atom. The van der Waals surface area contributed by atoms with Crippen LogP contribution < -0.4 is 10.1 Å². The Morgan fingerprint density at radius 1 is 1.17 bits per heavy atom. The van der Waals surface area contributed by atoms with Gasteiger partial charge in [-0.2, -0.15) is 5.10 Å². The summed E-state index contributed by atoms with van der Waals surface area (Å²) in [4.78, 5) is 0. The maximum absolute atomic E-state index is 5.93. The zero-order valence-electron chi connectivity index (χ0n) is 10.2. The fourth-order valence-electron chi connectivity index (χ4n) is 2.19. The molecule has 0 saturated carbocycles. The molecule has 1 N–H and O–H groups in total. The van der Waals surface area contributed by atoms with Crippen LogP contribution in [-0.2, 0) is 0 Å². The number of rotatable bonds is 3. The van der Waals surface area contributed by atoms with E-state index in [0.717, 1.165) is 37.4 Å². The summed E-state index contributed by atoms with van der Waals surface area (Å²) >= 11 is 0. The second-order valence-electron chi connectivity index (χ2n) is 4.52. The highest BCUT2D eigenvalue weighted by Crippen LogP contribution is 2.17. The number of piperidine rings is 1. The number of benzene rings is 1. The van der Waals surface area contributed by atoms with Crippen molar-refractivity contribution in [1.29, 1.82) is 0 Å². The van der Waals surface area contributed by atoms with Gasteiger partial charge in [0.1, 0.15) is 6.10 Å². The molecule has 1 aromatic carbocycles. The van der Waals surface area contributed by atoms with Crippen LogP contribution in [0.3, 0.4) is 0 Å². The van der Waals surface area contributed by atoms with Crippen LogP contribution in [0, 0.1) is 0 Å². The van der Waals surface area contributed by atoms with Gasteiger partial charge in [-0.25, -0.2) is 4.68 Å². The maximum atomic E-state index is 5.93. The molecule has 0 aliphatic carbocycles. The number of nitrogens with zero attached hydrogens (tertiary/aromatic N) is 2. The van der Waals surface area contributed by atoms with Crippen molar-refractivity contribution in [3.8, 4) is 11.4 Å². The molecule has 0 bridgehead atoms. The molecule has 2 heterocycles. The Bertz CT molecular complexity index is 489. The van der Waals surface area contributed by atoms with Gasteiger partial charge in [-0.15, -0.1) is 0 Å². The Morgan fingerprint density at radius 3 is 2.72 bits per heavy atom. The third-order valence-corrected chi connectivity index (χ3v) is 3.17. The van der Waals surface area contributed by atoms with Crippen molar-refractivity contribution in [2.24, 2.45) is 0 Å². The smallest absolute Gasteiger partial charge is 0.158 e. The molecule has 1 fully saturated rings. The van der Waals surface area contributed by atoms with Gasteiger partial charge in [0.15, 0.2) is 5.75 Å². The van der Waals surface area contributed by atoms with Gasteiger partial charge in [-0.3, -0.25) is 0 Å². The standard InChI is InChI=1S/C14H17N3O/c1-2-4-12(5-3-1)17-11-14(10-16-17)18-13-6-8-15-9-7-13/h1-5,10-11,13,15H,6-9H2. The normalized spacial score (nSPS) is 16.7. The van der Waals surface area contributed by atoms with Crippen molar-refractivity contribution in [1.82, 2.24) is 15.1 Å². The molecule has 1 aliphatic rings. The van der Waals surface area contributed by atoms with Gasteiger partial charge >= 0.3 is 0 Å². The monoisotopic (exact) mass is 243 g/mol. The lowest BCUT2D eigenvalue weighted by Gasteiger charge is -2.22. The van der Waals surface area contributed by atoms with Crippen molar-refractivity contribution >= 4 is 0 Å². The zero-order chi connectivity index (χ0) is 12.2. The third kappa shape index (κ3) is 2.54. The summed E-state index contributed by atoms with van der Waals surface area (Å²) in [5.41, 5.74) is 1.05. The molecule has 2 aromatic rings. The summed E-state index contributed by atoms with van der Waals surface area (Å²) in [5.74, 6) is 0.853. The molecule has 0 atom stereocenters. The van der Waals surface area contributed by atoms with Gasteiger partial charge in [-0.05, 0) is 38.1 Å². The summed E-state index contributed by atoms with van der Waals surface area (Å²) in [7, 11) is 0. The van der Waals surface area contributed by atoms with Crippen LogP contribution in [0.1, 0.15) is 12.8 Å². The van der Waals surface area contributed by atoms with Crippen LogP contribution in [-0.4, -0.2) is 29.0 Å². The first kappa shape index (κ1) is 11.3. The van der Waals surface area contributed by atoms with E-state index in [-0.39, 0.29) is 0 Å². The van der Waals surface area contributed by atoms with E-state index >= 15 is 0 Å². The van der Waals surface area contributed by atoms with E-state index in [1.807, 2.05) is 41.2 Å². The maximum Gasteiger partial charge on any atom is 0.158 e. The van der Waals surface area contributed by atoms with E-state index in [9.17, 15) is 0 Å². The van der Waals surface area contributed by atoms with Crippen molar-refractivity contribution in [2.75, 3.05) is 13.1 Å². The van der Waals surface area contributed by atoms with E-state index < -0.39 is 0 Å². The molecule has 1 aromatic heterocycles. The molecule has 0 unspecified atom stereocenters. The first-order valence-corrected chi connectivity index (χ1v) is 6.39.